The van der Waals surface area contributed by atoms with Gasteiger partial charge in [-0.3, -0.25) is 0 Å². The molecule has 6 heteroatoms. The second kappa shape index (κ2) is 7.14. The molecular weight excluding hydrogens is 324 g/mol. The van der Waals surface area contributed by atoms with Crippen molar-refractivity contribution < 1.29 is 13.2 Å². The van der Waals surface area contributed by atoms with Gasteiger partial charge in [-0.1, -0.05) is 42.5 Å². The van der Waals surface area contributed by atoms with Gasteiger partial charge in [-0.15, -0.1) is 0 Å². The van der Waals surface area contributed by atoms with E-state index < -0.39 is 10.0 Å². The van der Waals surface area contributed by atoms with Crippen LogP contribution in [0.1, 0.15) is 17.2 Å². The van der Waals surface area contributed by atoms with E-state index in [1.54, 1.807) is 24.3 Å². The molecule has 0 amide bonds. The summed E-state index contributed by atoms with van der Waals surface area (Å²) in [6.07, 6.45) is 0.268. The summed E-state index contributed by atoms with van der Waals surface area (Å²) < 4.78 is 33.1. The first kappa shape index (κ1) is 16.7. The van der Waals surface area contributed by atoms with Gasteiger partial charge in [-0.25, -0.2) is 8.42 Å². The van der Waals surface area contributed by atoms with Gasteiger partial charge in [0.05, 0.1) is 36.6 Å². The van der Waals surface area contributed by atoms with Crippen molar-refractivity contribution >= 4 is 10.0 Å². The molecule has 1 unspecified atom stereocenters. The molecule has 5 nitrogen and oxygen atoms in total. The maximum atomic E-state index is 13.0. The molecular formula is C18H18N2O3S. The van der Waals surface area contributed by atoms with E-state index >= 15 is 0 Å². The molecule has 0 aromatic heterocycles. The number of nitrogens with zero attached hydrogens (tertiary/aromatic N) is 2. The summed E-state index contributed by atoms with van der Waals surface area (Å²) in [5.41, 5.74) is 1.72. The molecule has 1 atom stereocenters. The van der Waals surface area contributed by atoms with E-state index in [9.17, 15) is 8.42 Å². The van der Waals surface area contributed by atoms with Crippen LogP contribution in [0.5, 0.6) is 0 Å². The highest BCUT2D eigenvalue weighted by molar-refractivity contribution is 7.89. The number of sulfonamides is 1. The molecule has 1 saturated heterocycles. The first-order valence-electron chi connectivity index (χ1n) is 7.73. The molecule has 0 saturated carbocycles. The fourth-order valence-electron chi connectivity index (χ4n) is 2.82. The summed E-state index contributed by atoms with van der Waals surface area (Å²) in [6.45, 7) is 1.05. The maximum absolute atomic E-state index is 13.0. The fraction of sp³-hybridized carbons (Fsp3) is 0.278. The van der Waals surface area contributed by atoms with Crippen LogP contribution in [0.4, 0.5) is 0 Å². The molecule has 3 rings (SSSR count). The SMILES string of the molecule is N#CCc1ccc(S(=O)(=O)N2CCOCC2c2ccccc2)cc1. The second-order valence-corrected chi connectivity index (χ2v) is 7.49. The molecule has 24 heavy (non-hydrogen) atoms. The predicted molar refractivity (Wildman–Crippen MR) is 89.7 cm³/mol. The number of nitriles is 1. The summed E-state index contributed by atoms with van der Waals surface area (Å²) in [6, 6.07) is 17.8. The van der Waals surface area contributed by atoms with Gasteiger partial charge in [0.1, 0.15) is 0 Å². The number of benzene rings is 2. The van der Waals surface area contributed by atoms with Crippen molar-refractivity contribution in [1.29, 1.82) is 5.26 Å². The molecule has 1 aliphatic heterocycles. The Balaban J connectivity index is 1.93. The summed E-state index contributed by atoms with van der Waals surface area (Å²) in [7, 11) is -3.62. The summed E-state index contributed by atoms with van der Waals surface area (Å²) in [5, 5.41) is 8.72. The van der Waals surface area contributed by atoms with Crippen molar-refractivity contribution in [3.63, 3.8) is 0 Å². The second-order valence-electron chi connectivity index (χ2n) is 5.60. The van der Waals surface area contributed by atoms with E-state index in [1.165, 1.54) is 4.31 Å². The molecule has 0 radical (unpaired) electrons. The molecule has 1 fully saturated rings. The molecule has 0 bridgehead atoms. The quantitative estimate of drug-likeness (QED) is 0.856. The normalized spacial score (nSPS) is 18.9. The van der Waals surface area contributed by atoms with Crippen molar-refractivity contribution in [3.8, 4) is 6.07 Å². The lowest BCUT2D eigenvalue weighted by Crippen LogP contribution is -2.43. The van der Waals surface area contributed by atoms with Crippen molar-refractivity contribution in [1.82, 2.24) is 4.31 Å². The van der Waals surface area contributed by atoms with Crippen molar-refractivity contribution in [2.75, 3.05) is 19.8 Å². The summed E-state index contributed by atoms with van der Waals surface area (Å²) in [4.78, 5) is 0.243. The third-order valence-corrected chi connectivity index (χ3v) is 6.00. The third kappa shape index (κ3) is 3.34. The lowest BCUT2D eigenvalue weighted by molar-refractivity contribution is 0.0321. The zero-order valence-corrected chi connectivity index (χ0v) is 13.9. The van der Waals surface area contributed by atoms with Crippen LogP contribution in [0.25, 0.3) is 0 Å². The lowest BCUT2D eigenvalue weighted by atomic mass is 10.1. The zero-order valence-electron chi connectivity index (χ0n) is 13.1. The Morgan fingerprint density at radius 3 is 2.50 bits per heavy atom. The highest BCUT2D eigenvalue weighted by atomic mass is 32.2. The Labute approximate surface area is 142 Å². The minimum absolute atomic E-state index is 0.243. The predicted octanol–water partition coefficient (Wildman–Crippen LogP) is 2.51. The van der Waals surface area contributed by atoms with E-state index in [2.05, 4.69) is 6.07 Å². The van der Waals surface area contributed by atoms with Crippen LogP contribution in [0.3, 0.4) is 0 Å². The maximum Gasteiger partial charge on any atom is 0.243 e. The van der Waals surface area contributed by atoms with Crippen LogP contribution < -0.4 is 0 Å². The summed E-state index contributed by atoms with van der Waals surface area (Å²) in [5.74, 6) is 0. The van der Waals surface area contributed by atoms with Crippen LogP contribution in [-0.4, -0.2) is 32.5 Å². The molecule has 0 N–H and O–H groups in total. The average molecular weight is 342 g/mol. The van der Waals surface area contributed by atoms with E-state index in [0.29, 0.717) is 19.8 Å². The van der Waals surface area contributed by atoms with E-state index in [0.717, 1.165) is 11.1 Å². The van der Waals surface area contributed by atoms with E-state index in [4.69, 9.17) is 10.00 Å². The van der Waals surface area contributed by atoms with Gasteiger partial charge >= 0.3 is 0 Å². The Morgan fingerprint density at radius 1 is 1.12 bits per heavy atom. The highest BCUT2D eigenvalue weighted by Gasteiger charge is 2.34. The fourth-order valence-corrected chi connectivity index (χ4v) is 4.40. The van der Waals surface area contributed by atoms with Crippen molar-refractivity contribution in [2.45, 2.75) is 17.4 Å². The van der Waals surface area contributed by atoms with E-state index in [-0.39, 0.29) is 17.4 Å². The molecule has 2 aromatic carbocycles. The first-order chi connectivity index (χ1) is 11.6. The van der Waals surface area contributed by atoms with Crippen LogP contribution in [-0.2, 0) is 21.2 Å². The van der Waals surface area contributed by atoms with Gasteiger partial charge in [-0.05, 0) is 23.3 Å². The van der Waals surface area contributed by atoms with Crippen molar-refractivity contribution in [2.24, 2.45) is 0 Å². The smallest absolute Gasteiger partial charge is 0.243 e. The van der Waals surface area contributed by atoms with Crippen LogP contribution in [0.2, 0.25) is 0 Å². The van der Waals surface area contributed by atoms with E-state index in [1.807, 2.05) is 30.3 Å². The highest BCUT2D eigenvalue weighted by Crippen LogP contribution is 2.30. The van der Waals surface area contributed by atoms with Gasteiger partial charge in [0.2, 0.25) is 10.0 Å². The molecule has 0 aliphatic carbocycles. The van der Waals surface area contributed by atoms with Crippen LogP contribution in [0.15, 0.2) is 59.5 Å². The Morgan fingerprint density at radius 2 is 1.83 bits per heavy atom. The standard InChI is InChI=1S/C18H18N2O3S/c19-11-10-15-6-8-17(9-7-15)24(21,22)20-12-13-23-14-18(20)16-4-2-1-3-5-16/h1-9,18H,10,12-14H2. The minimum Gasteiger partial charge on any atom is -0.378 e. The third-order valence-electron chi connectivity index (χ3n) is 4.08. The van der Waals surface area contributed by atoms with Gasteiger partial charge in [0.25, 0.3) is 0 Å². The number of ether oxygens (including phenoxy) is 1. The number of rotatable bonds is 4. The average Bonchev–Trinajstić information content (AvgIpc) is 2.63. The Bertz CT molecular complexity index is 827. The first-order valence-corrected chi connectivity index (χ1v) is 9.17. The topological polar surface area (TPSA) is 70.4 Å². The zero-order chi connectivity index (χ0) is 17.0. The number of hydrogen-bond acceptors (Lipinski definition) is 4. The van der Waals surface area contributed by atoms with Crippen molar-refractivity contribution in [3.05, 3.63) is 65.7 Å². The Kier molecular flexibility index (Phi) is 4.95. The molecule has 1 aliphatic rings. The molecule has 124 valence electrons. The molecule has 0 spiro atoms. The van der Waals surface area contributed by atoms with Crippen LogP contribution in [0, 0.1) is 11.3 Å². The van der Waals surface area contributed by atoms with Gasteiger partial charge in [-0.2, -0.15) is 9.57 Å². The molecule has 2 aromatic rings. The largest absolute Gasteiger partial charge is 0.378 e. The van der Waals surface area contributed by atoms with Gasteiger partial charge in [0.15, 0.2) is 0 Å². The monoisotopic (exact) mass is 342 g/mol. The minimum atomic E-state index is -3.62. The molecule has 1 heterocycles. The summed E-state index contributed by atoms with van der Waals surface area (Å²) >= 11 is 0. The van der Waals surface area contributed by atoms with Gasteiger partial charge < -0.3 is 4.74 Å². The van der Waals surface area contributed by atoms with Gasteiger partial charge in [0, 0.05) is 6.54 Å². The lowest BCUT2D eigenvalue weighted by Gasteiger charge is -2.34. The number of hydrogen-bond donors (Lipinski definition) is 0. The Hall–Kier alpha value is -2.20. The van der Waals surface area contributed by atoms with Crippen LogP contribution >= 0.6 is 0 Å². The number of morpholine rings is 1.